The number of aryl methyl sites for hydroxylation is 1. The van der Waals surface area contributed by atoms with Gasteiger partial charge in [0.1, 0.15) is 11.5 Å². The standard InChI is InChI=1S/C12H13FN2O/c1-8-6-7-15(14-8)12-10(9(2)16)4-3-5-11(12)13/h3-7,9,16H,1-2H3. The van der Waals surface area contributed by atoms with Crippen LogP contribution in [0.4, 0.5) is 4.39 Å². The minimum absolute atomic E-state index is 0.311. The van der Waals surface area contributed by atoms with Crippen molar-refractivity contribution >= 4 is 0 Å². The lowest BCUT2D eigenvalue weighted by Crippen LogP contribution is -2.06. The number of halogens is 1. The van der Waals surface area contributed by atoms with E-state index in [1.807, 2.05) is 6.92 Å². The summed E-state index contributed by atoms with van der Waals surface area (Å²) in [5.41, 5.74) is 1.65. The number of rotatable bonds is 2. The Hall–Kier alpha value is -1.68. The highest BCUT2D eigenvalue weighted by Crippen LogP contribution is 2.23. The molecule has 0 aliphatic heterocycles. The van der Waals surface area contributed by atoms with E-state index in [-0.39, 0.29) is 5.82 Å². The van der Waals surface area contributed by atoms with Crippen molar-refractivity contribution in [2.24, 2.45) is 0 Å². The fraction of sp³-hybridized carbons (Fsp3) is 0.250. The zero-order chi connectivity index (χ0) is 11.7. The Morgan fingerprint density at radius 2 is 2.12 bits per heavy atom. The normalized spacial score (nSPS) is 12.8. The van der Waals surface area contributed by atoms with Crippen LogP contribution in [0.25, 0.3) is 5.69 Å². The molecule has 0 saturated carbocycles. The molecule has 2 rings (SSSR count). The van der Waals surface area contributed by atoms with Crippen LogP contribution >= 0.6 is 0 Å². The molecule has 0 aliphatic carbocycles. The maximum Gasteiger partial charge on any atom is 0.149 e. The molecule has 0 spiro atoms. The molecule has 0 radical (unpaired) electrons. The Morgan fingerprint density at radius 3 is 2.69 bits per heavy atom. The van der Waals surface area contributed by atoms with E-state index < -0.39 is 6.10 Å². The Morgan fingerprint density at radius 1 is 1.38 bits per heavy atom. The monoisotopic (exact) mass is 220 g/mol. The number of aromatic nitrogens is 2. The molecule has 2 aromatic rings. The fourth-order valence-electron chi connectivity index (χ4n) is 1.65. The van der Waals surface area contributed by atoms with Gasteiger partial charge in [-0.25, -0.2) is 9.07 Å². The van der Waals surface area contributed by atoms with Crippen molar-refractivity contribution in [3.05, 3.63) is 47.5 Å². The molecule has 1 atom stereocenters. The van der Waals surface area contributed by atoms with Gasteiger partial charge in [-0.3, -0.25) is 0 Å². The minimum Gasteiger partial charge on any atom is -0.389 e. The van der Waals surface area contributed by atoms with Gasteiger partial charge in [0.2, 0.25) is 0 Å². The fourth-order valence-corrected chi connectivity index (χ4v) is 1.65. The summed E-state index contributed by atoms with van der Waals surface area (Å²) in [6.45, 7) is 3.44. The number of aliphatic hydroxyl groups is 1. The van der Waals surface area contributed by atoms with Crippen LogP contribution in [0.1, 0.15) is 24.3 Å². The van der Waals surface area contributed by atoms with Crippen molar-refractivity contribution in [2.45, 2.75) is 20.0 Å². The van der Waals surface area contributed by atoms with Gasteiger partial charge in [0.15, 0.2) is 0 Å². The van der Waals surface area contributed by atoms with Gasteiger partial charge in [0.05, 0.1) is 11.8 Å². The number of hydrogen-bond acceptors (Lipinski definition) is 2. The second-order valence-electron chi connectivity index (χ2n) is 3.76. The summed E-state index contributed by atoms with van der Waals surface area (Å²) in [6, 6.07) is 6.42. The zero-order valence-corrected chi connectivity index (χ0v) is 9.18. The second-order valence-corrected chi connectivity index (χ2v) is 3.76. The van der Waals surface area contributed by atoms with E-state index in [1.165, 1.54) is 10.7 Å². The Kier molecular flexibility index (Phi) is 2.75. The topological polar surface area (TPSA) is 38.0 Å². The molecule has 1 heterocycles. The molecule has 84 valence electrons. The lowest BCUT2D eigenvalue weighted by molar-refractivity contribution is 0.198. The minimum atomic E-state index is -0.727. The van der Waals surface area contributed by atoms with Crippen LogP contribution in [0, 0.1) is 12.7 Å². The highest BCUT2D eigenvalue weighted by atomic mass is 19.1. The van der Waals surface area contributed by atoms with Gasteiger partial charge in [-0.15, -0.1) is 0 Å². The van der Waals surface area contributed by atoms with Gasteiger partial charge in [-0.1, -0.05) is 12.1 Å². The average Bonchev–Trinajstić information content (AvgIpc) is 2.64. The van der Waals surface area contributed by atoms with Crippen LogP contribution in [0.3, 0.4) is 0 Å². The number of aliphatic hydroxyl groups excluding tert-OH is 1. The Balaban J connectivity index is 2.62. The van der Waals surface area contributed by atoms with Crippen LogP contribution in [-0.2, 0) is 0 Å². The largest absolute Gasteiger partial charge is 0.389 e. The van der Waals surface area contributed by atoms with Crippen LogP contribution in [0.5, 0.6) is 0 Å². The van der Waals surface area contributed by atoms with Crippen molar-refractivity contribution in [2.75, 3.05) is 0 Å². The van der Waals surface area contributed by atoms with Crippen LogP contribution in [-0.4, -0.2) is 14.9 Å². The SMILES string of the molecule is Cc1ccn(-c2c(F)cccc2C(C)O)n1. The molecule has 0 amide bonds. The zero-order valence-electron chi connectivity index (χ0n) is 9.18. The van der Waals surface area contributed by atoms with Gasteiger partial charge in [0.25, 0.3) is 0 Å². The molecule has 1 unspecified atom stereocenters. The third-order valence-corrected chi connectivity index (χ3v) is 2.42. The summed E-state index contributed by atoms with van der Waals surface area (Å²) in [6.07, 6.45) is 0.954. The molecule has 16 heavy (non-hydrogen) atoms. The summed E-state index contributed by atoms with van der Waals surface area (Å²) < 4.78 is 15.2. The lowest BCUT2D eigenvalue weighted by atomic mass is 10.1. The first kappa shape index (κ1) is 10.8. The molecule has 0 fully saturated rings. The van der Waals surface area contributed by atoms with Crippen LogP contribution in [0.15, 0.2) is 30.5 Å². The van der Waals surface area contributed by atoms with E-state index in [0.717, 1.165) is 5.69 Å². The van der Waals surface area contributed by atoms with Gasteiger partial charge < -0.3 is 5.11 Å². The van der Waals surface area contributed by atoms with E-state index in [0.29, 0.717) is 11.3 Å². The smallest absolute Gasteiger partial charge is 0.149 e. The number of hydrogen-bond donors (Lipinski definition) is 1. The van der Waals surface area contributed by atoms with Gasteiger partial charge >= 0.3 is 0 Å². The quantitative estimate of drug-likeness (QED) is 0.843. The lowest BCUT2D eigenvalue weighted by Gasteiger charge is -2.12. The van der Waals surface area contributed by atoms with Crippen molar-refractivity contribution in [1.82, 2.24) is 9.78 Å². The number of benzene rings is 1. The first-order valence-corrected chi connectivity index (χ1v) is 5.08. The van der Waals surface area contributed by atoms with Crippen molar-refractivity contribution < 1.29 is 9.50 Å². The summed E-state index contributed by atoms with van der Waals surface area (Å²) in [5, 5.41) is 13.7. The number of para-hydroxylation sites is 1. The first-order chi connectivity index (χ1) is 7.59. The molecule has 0 aliphatic rings. The second kappa shape index (κ2) is 4.06. The van der Waals surface area contributed by atoms with E-state index in [9.17, 15) is 9.50 Å². The molecular formula is C12H13FN2O. The Labute approximate surface area is 93.2 Å². The van der Waals surface area contributed by atoms with Gasteiger partial charge in [-0.05, 0) is 26.0 Å². The van der Waals surface area contributed by atoms with Crippen LogP contribution in [0.2, 0.25) is 0 Å². The summed E-state index contributed by atoms with van der Waals surface area (Å²) >= 11 is 0. The van der Waals surface area contributed by atoms with Gasteiger partial charge in [0, 0.05) is 11.8 Å². The maximum atomic E-state index is 13.7. The summed E-state index contributed by atoms with van der Waals surface area (Å²) in [4.78, 5) is 0. The Bertz CT molecular complexity index is 505. The third-order valence-electron chi connectivity index (χ3n) is 2.42. The van der Waals surface area contributed by atoms with E-state index >= 15 is 0 Å². The van der Waals surface area contributed by atoms with Crippen molar-refractivity contribution in [3.8, 4) is 5.69 Å². The van der Waals surface area contributed by atoms with Gasteiger partial charge in [-0.2, -0.15) is 5.10 Å². The van der Waals surface area contributed by atoms with E-state index in [2.05, 4.69) is 5.10 Å². The average molecular weight is 220 g/mol. The van der Waals surface area contributed by atoms with Crippen molar-refractivity contribution in [1.29, 1.82) is 0 Å². The van der Waals surface area contributed by atoms with Crippen LogP contribution < -0.4 is 0 Å². The predicted octanol–water partition coefficient (Wildman–Crippen LogP) is 2.37. The van der Waals surface area contributed by atoms with E-state index in [1.54, 1.807) is 31.3 Å². The molecule has 1 aromatic heterocycles. The molecule has 1 N–H and O–H groups in total. The molecule has 4 heteroatoms. The van der Waals surface area contributed by atoms with E-state index in [4.69, 9.17) is 0 Å². The highest BCUT2D eigenvalue weighted by Gasteiger charge is 2.14. The summed E-state index contributed by atoms with van der Waals surface area (Å²) in [7, 11) is 0. The molecular weight excluding hydrogens is 207 g/mol. The maximum absolute atomic E-state index is 13.7. The molecule has 1 aromatic carbocycles. The molecule has 3 nitrogen and oxygen atoms in total. The summed E-state index contributed by atoms with van der Waals surface area (Å²) in [5.74, 6) is -0.387. The third kappa shape index (κ3) is 1.84. The van der Waals surface area contributed by atoms with Crippen molar-refractivity contribution in [3.63, 3.8) is 0 Å². The molecule has 0 bridgehead atoms. The number of nitrogens with zero attached hydrogens (tertiary/aromatic N) is 2. The predicted molar refractivity (Wildman–Crippen MR) is 58.9 cm³/mol. The first-order valence-electron chi connectivity index (χ1n) is 5.08. The molecule has 0 saturated heterocycles. The highest BCUT2D eigenvalue weighted by molar-refractivity contribution is 5.43.